The molecule has 0 aliphatic rings. The molecule has 28 heavy (non-hydrogen) atoms. The molecule has 0 atom stereocenters. The van der Waals surface area contributed by atoms with Crippen LogP contribution in [0, 0.1) is 13.3 Å². The Balaban J connectivity index is 2.03. The topological polar surface area (TPSA) is 51.2 Å². The second kappa shape index (κ2) is 8.30. The average molecular weight is 371 g/mol. The second-order valence-corrected chi connectivity index (χ2v) is 6.95. The van der Waals surface area contributed by atoms with Gasteiger partial charge in [0.2, 0.25) is 0 Å². The summed E-state index contributed by atoms with van der Waals surface area (Å²) in [4.78, 5) is 36.3. The van der Waals surface area contributed by atoms with Crippen molar-refractivity contribution in [2.24, 2.45) is 0 Å². The van der Waals surface area contributed by atoms with Crippen molar-refractivity contribution in [2.45, 2.75) is 33.6 Å². The highest BCUT2D eigenvalue weighted by Crippen LogP contribution is 2.28. The summed E-state index contributed by atoms with van der Waals surface area (Å²) in [6.07, 6.45) is 2.77. The molecule has 0 aromatic heterocycles. The fraction of sp³-hybridized carbons (Fsp3) is 0.200. The smallest absolute Gasteiger partial charge is 0.193 e. The number of carbonyl (C=O) groups is 3. The van der Waals surface area contributed by atoms with Crippen LogP contribution >= 0.6 is 0 Å². The Morgan fingerprint density at radius 3 is 2.18 bits per heavy atom. The standard InChI is InChI=1S/C25H23O3/c1-4-20(27)13-15-21-16(2)8-14-23-22(21)6-5-7-24(23)25(28)19-11-9-18(10-12-19)17(3)26/h5-14H,4,15H2,1-3H3. The van der Waals surface area contributed by atoms with E-state index in [0.29, 0.717) is 29.5 Å². The van der Waals surface area contributed by atoms with Gasteiger partial charge in [0.1, 0.15) is 5.78 Å². The summed E-state index contributed by atoms with van der Waals surface area (Å²) in [6.45, 7) is 5.38. The van der Waals surface area contributed by atoms with Crippen molar-refractivity contribution in [3.05, 3.63) is 88.8 Å². The lowest BCUT2D eigenvalue weighted by molar-refractivity contribution is -0.115. The van der Waals surface area contributed by atoms with Gasteiger partial charge in [0.25, 0.3) is 0 Å². The monoisotopic (exact) mass is 371 g/mol. The molecule has 0 unspecified atom stereocenters. The minimum absolute atomic E-state index is 0.0258. The van der Waals surface area contributed by atoms with Crippen LogP contribution in [-0.2, 0) is 11.2 Å². The third-order valence-electron chi connectivity index (χ3n) is 5.09. The number of fused-ring (bicyclic) bond motifs is 1. The third-order valence-corrected chi connectivity index (χ3v) is 5.09. The van der Waals surface area contributed by atoms with Crippen molar-refractivity contribution in [3.8, 4) is 0 Å². The number of aryl methyl sites for hydroxylation is 1. The molecule has 0 aliphatic carbocycles. The Kier molecular flexibility index (Phi) is 5.84. The van der Waals surface area contributed by atoms with Crippen molar-refractivity contribution in [2.75, 3.05) is 0 Å². The summed E-state index contributed by atoms with van der Waals surface area (Å²) in [7, 11) is 0. The van der Waals surface area contributed by atoms with E-state index < -0.39 is 0 Å². The van der Waals surface area contributed by atoms with E-state index in [4.69, 9.17) is 0 Å². The molecule has 0 N–H and O–H groups in total. The molecular formula is C25H23O3. The third kappa shape index (κ3) is 3.94. The predicted molar refractivity (Wildman–Crippen MR) is 112 cm³/mol. The lowest BCUT2D eigenvalue weighted by atomic mass is 9.90. The Hall–Kier alpha value is -3.07. The summed E-state index contributed by atoms with van der Waals surface area (Å²) in [6, 6.07) is 16.4. The molecule has 0 aliphatic heterocycles. The lowest BCUT2D eigenvalue weighted by Crippen LogP contribution is -2.05. The molecule has 141 valence electrons. The van der Waals surface area contributed by atoms with E-state index in [-0.39, 0.29) is 17.3 Å². The highest BCUT2D eigenvalue weighted by atomic mass is 16.1. The van der Waals surface area contributed by atoms with Gasteiger partial charge in [-0.3, -0.25) is 14.4 Å². The fourth-order valence-corrected chi connectivity index (χ4v) is 3.37. The molecule has 0 saturated heterocycles. The zero-order valence-electron chi connectivity index (χ0n) is 16.4. The summed E-state index contributed by atoms with van der Waals surface area (Å²) >= 11 is 0. The fourth-order valence-electron chi connectivity index (χ4n) is 3.37. The van der Waals surface area contributed by atoms with E-state index in [0.717, 1.165) is 21.9 Å². The normalized spacial score (nSPS) is 10.8. The molecule has 0 saturated carbocycles. The Labute approximate surface area is 165 Å². The van der Waals surface area contributed by atoms with Crippen LogP contribution in [0.5, 0.6) is 0 Å². The van der Waals surface area contributed by atoms with Crippen molar-refractivity contribution < 1.29 is 14.4 Å². The zero-order valence-corrected chi connectivity index (χ0v) is 16.4. The lowest BCUT2D eigenvalue weighted by Gasteiger charge is -2.13. The number of hydrogen-bond donors (Lipinski definition) is 0. The Morgan fingerprint density at radius 1 is 0.857 bits per heavy atom. The van der Waals surface area contributed by atoms with Crippen LogP contribution in [0.15, 0.2) is 54.6 Å². The number of benzene rings is 3. The maximum atomic E-state index is 13.1. The van der Waals surface area contributed by atoms with E-state index in [2.05, 4.69) is 0 Å². The second-order valence-electron chi connectivity index (χ2n) is 6.95. The minimum atomic E-state index is -0.0795. The van der Waals surface area contributed by atoms with Crippen LogP contribution < -0.4 is 0 Å². The molecule has 0 spiro atoms. The molecule has 0 fully saturated rings. The number of Topliss-reactive ketones (excluding diaryl/α,β-unsaturated/α-hetero) is 2. The van der Waals surface area contributed by atoms with Crippen molar-refractivity contribution in [1.29, 1.82) is 0 Å². The summed E-state index contributed by atoms with van der Waals surface area (Å²) < 4.78 is 0. The van der Waals surface area contributed by atoms with Crippen LogP contribution in [0.3, 0.4) is 0 Å². The maximum Gasteiger partial charge on any atom is 0.193 e. The molecule has 3 aromatic rings. The summed E-state index contributed by atoms with van der Waals surface area (Å²) in [5.74, 6) is 0.0143. The van der Waals surface area contributed by atoms with Crippen molar-refractivity contribution >= 4 is 28.1 Å². The molecule has 0 amide bonds. The van der Waals surface area contributed by atoms with Crippen LogP contribution in [0.1, 0.15) is 57.7 Å². The van der Waals surface area contributed by atoms with Gasteiger partial charge in [0, 0.05) is 29.5 Å². The van der Waals surface area contributed by atoms with E-state index >= 15 is 0 Å². The van der Waals surface area contributed by atoms with Crippen LogP contribution in [0.4, 0.5) is 0 Å². The van der Waals surface area contributed by atoms with Gasteiger partial charge in [-0.1, -0.05) is 61.5 Å². The molecule has 3 aromatic carbocycles. The van der Waals surface area contributed by atoms with E-state index in [1.54, 1.807) is 30.7 Å². The van der Waals surface area contributed by atoms with E-state index in [1.165, 1.54) is 6.92 Å². The highest BCUT2D eigenvalue weighted by Gasteiger charge is 2.15. The zero-order chi connectivity index (χ0) is 20.3. The van der Waals surface area contributed by atoms with Gasteiger partial charge in [-0.2, -0.15) is 0 Å². The van der Waals surface area contributed by atoms with Crippen LogP contribution in [-0.4, -0.2) is 17.3 Å². The Morgan fingerprint density at radius 2 is 1.54 bits per heavy atom. The van der Waals surface area contributed by atoms with Gasteiger partial charge in [0.05, 0.1) is 0 Å². The predicted octanol–water partition coefficient (Wildman–Crippen LogP) is 5.31. The first-order valence-electron chi connectivity index (χ1n) is 9.45. The minimum Gasteiger partial charge on any atom is -0.299 e. The molecule has 1 radical (unpaired) electrons. The summed E-state index contributed by atoms with van der Waals surface area (Å²) in [5.41, 5.74) is 3.93. The van der Waals surface area contributed by atoms with Gasteiger partial charge in [0.15, 0.2) is 11.6 Å². The van der Waals surface area contributed by atoms with Crippen molar-refractivity contribution in [3.63, 3.8) is 0 Å². The van der Waals surface area contributed by atoms with E-state index in [1.807, 2.05) is 44.2 Å². The van der Waals surface area contributed by atoms with Crippen LogP contribution in [0.25, 0.3) is 10.8 Å². The van der Waals surface area contributed by atoms with Gasteiger partial charge < -0.3 is 0 Å². The van der Waals surface area contributed by atoms with Crippen molar-refractivity contribution in [1.82, 2.24) is 0 Å². The largest absolute Gasteiger partial charge is 0.299 e. The van der Waals surface area contributed by atoms with E-state index in [9.17, 15) is 14.4 Å². The molecule has 3 rings (SSSR count). The molecule has 0 heterocycles. The number of hydrogen-bond acceptors (Lipinski definition) is 3. The maximum absolute atomic E-state index is 13.1. The first kappa shape index (κ1) is 19.7. The first-order chi connectivity index (χ1) is 13.4. The first-order valence-corrected chi connectivity index (χ1v) is 9.45. The Bertz CT molecular complexity index is 1060. The number of carbonyl (C=O) groups excluding carboxylic acids is 3. The quantitative estimate of drug-likeness (QED) is 0.529. The van der Waals surface area contributed by atoms with Gasteiger partial charge in [-0.15, -0.1) is 0 Å². The highest BCUT2D eigenvalue weighted by molar-refractivity contribution is 6.17. The summed E-state index contributed by atoms with van der Waals surface area (Å²) in [5, 5.41) is 1.87. The van der Waals surface area contributed by atoms with Gasteiger partial charge >= 0.3 is 0 Å². The number of rotatable bonds is 7. The average Bonchev–Trinajstić information content (AvgIpc) is 2.71. The van der Waals surface area contributed by atoms with Gasteiger partial charge in [-0.25, -0.2) is 0 Å². The molecular weight excluding hydrogens is 348 g/mol. The van der Waals surface area contributed by atoms with Gasteiger partial charge in [-0.05, 0) is 42.2 Å². The van der Waals surface area contributed by atoms with Crippen LogP contribution in [0.2, 0.25) is 0 Å². The SMILES string of the molecule is CCC(=O)[CH]Cc1c(C)ccc2c(C(=O)c3ccc(C(C)=O)cc3)cccc12. The molecule has 3 nitrogen and oxygen atoms in total. The number of ketones is 3. The molecule has 0 bridgehead atoms. The molecule has 3 heteroatoms.